The third-order valence-electron chi connectivity index (χ3n) is 6.39. The summed E-state index contributed by atoms with van der Waals surface area (Å²) in [5.74, 6) is 1.37. The first-order valence-electron chi connectivity index (χ1n) is 11.1. The van der Waals surface area contributed by atoms with Crippen LogP contribution in [0.2, 0.25) is 0 Å². The fraction of sp³-hybridized carbons (Fsp3) is 0.138. The van der Waals surface area contributed by atoms with Gasteiger partial charge in [-0.3, -0.25) is 0 Å². The van der Waals surface area contributed by atoms with Gasteiger partial charge in [-0.1, -0.05) is 72.8 Å². The molecule has 1 unspecified atom stereocenters. The number of rotatable bonds is 2. The fourth-order valence-corrected chi connectivity index (χ4v) is 4.98. The lowest BCUT2D eigenvalue weighted by molar-refractivity contribution is 0.381. The molecule has 0 amide bonds. The van der Waals surface area contributed by atoms with Crippen LogP contribution < -0.4 is 10.4 Å². The van der Waals surface area contributed by atoms with E-state index in [-0.39, 0.29) is 11.5 Å². The van der Waals surface area contributed by atoms with Crippen LogP contribution in [0.15, 0.2) is 111 Å². The molecule has 0 bridgehead atoms. The molecule has 6 rings (SSSR count). The summed E-state index contributed by atoms with van der Waals surface area (Å²) in [6.45, 7) is 0. The molecule has 1 aromatic heterocycles. The van der Waals surface area contributed by atoms with Crippen LogP contribution in [0.25, 0.3) is 17.0 Å². The average molecular weight is 418 g/mol. The van der Waals surface area contributed by atoms with Crippen molar-refractivity contribution in [3.05, 3.63) is 129 Å². The van der Waals surface area contributed by atoms with Crippen LogP contribution in [-0.4, -0.2) is 0 Å². The first kappa shape index (κ1) is 18.9. The molecule has 0 radical (unpaired) electrons. The van der Waals surface area contributed by atoms with Crippen molar-refractivity contribution in [2.45, 2.75) is 25.2 Å². The first-order valence-corrected chi connectivity index (χ1v) is 11.1. The lowest BCUT2D eigenvalue weighted by Gasteiger charge is -2.34. The number of fused-ring (bicyclic) bond motifs is 3. The predicted octanol–water partition coefficient (Wildman–Crippen LogP) is 6.84. The standard InChI is InChI=1S/C29H22O3/c30-29-26-25(20-12-5-2-6-13-20)23-16-9-14-21(18-19-10-3-1-4-11-19)27(23)32-28(26)22-15-7-8-17-24(22)31-29/h1-8,10-13,15,17-18,25H,9,14,16H2. The van der Waals surface area contributed by atoms with E-state index in [1.807, 2.05) is 60.7 Å². The van der Waals surface area contributed by atoms with E-state index in [4.69, 9.17) is 9.15 Å². The fourth-order valence-electron chi connectivity index (χ4n) is 4.98. The first-order chi connectivity index (χ1) is 15.8. The maximum atomic E-state index is 13.2. The Bertz CT molecular complexity index is 1430. The Hall–Kier alpha value is -3.85. The minimum Gasteiger partial charge on any atom is -0.456 e. The predicted molar refractivity (Wildman–Crippen MR) is 127 cm³/mol. The highest BCUT2D eigenvalue weighted by Crippen LogP contribution is 2.50. The SMILES string of the molecule is O=c1oc2ccccc2c2c1C(c1ccccc1)C1=C(O2)C(=Cc2ccccc2)CCC1. The van der Waals surface area contributed by atoms with Crippen molar-refractivity contribution < 1.29 is 9.15 Å². The molecule has 2 aliphatic rings. The number of allylic oxidation sites excluding steroid dienone is 2. The largest absolute Gasteiger partial charge is 0.456 e. The summed E-state index contributed by atoms with van der Waals surface area (Å²) in [5.41, 5.74) is 5.43. The topological polar surface area (TPSA) is 39.4 Å². The average Bonchev–Trinajstić information content (AvgIpc) is 2.84. The summed E-state index contributed by atoms with van der Waals surface area (Å²) in [6.07, 6.45) is 5.09. The highest BCUT2D eigenvalue weighted by atomic mass is 16.5. The molecule has 3 heteroatoms. The van der Waals surface area contributed by atoms with E-state index in [2.05, 4.69) is 30.3 Å². The number of benzene rings is 3. The number of hydrogen-bond acceptors (Lipinski definition) is 3. The van der Waals surface area contributed by atoms with Crippen LogP contribution in [0.1, 0.15) is 41.9 Å². The quantitative estimate of drug-likeness (QED) is 0.335. The summed E-state index contributed by atoms with van der Waals surface area (Å²) in [5, 5.41) is 0.833. The highest BCUT2D eigenvalue weighted by molar-refractivity contribution is 5.86. The van der Waals surface area contributed by atoms with Crippen LogP contribution >= 0.6 is 0 Å². The summed E-state index contributed by atoms with van der Waals surface area (Å²) < 4.78 is 12.4. The van der Waals surface area contributed by atoms with Crippen molar-refractivity contribution in [3.8, 4) is 5.75 Å². The molecule has 4 aromatic rings. The molecule has 3 aromatic carbocycles. The normalized spacial score (nSPS) is 18.9. The molecule has 1 aliphatic carbocycles. The van der Waals surface area contributed by atoms with Gasteiger partial charge in [0.2, 0.25) is 0 Å². The Labute approximate surface area is 186 Å². The molecule has 1 atom stereocenters. The van der Waals surface area contributed by atoms with Gasteiger partial charge in [0.1, 0.15) is 17.1 Å². The molecule has 0 saturated carbocycles. The van der Waals surface area contributed by atoms with E-state index >= 15 is 0 Å². The second kappa shape index (κ2) is 7.69. The van der Waals surface area contributed by atoms with Crippen molar-refractivity contribution in [1.82, 2.24) is 0 Å². The maximum Gasteiger partial charge on any atom is 0.344 e. The van der Waals surface area contributed by atoms with Gasteiger partial charge < -0.3 is 9.15 Å². The molecule has 0 fully saturated rings. The third-order valence-corrected chi connectivity index (χ3v) is 6.39. The van der Waals surface area contributed by atoms with Gasteiger partial charge in [0.15, 0.2) is 0 Å². The Morgan fingerprint density at radius 1 is 0.812 bits per heavy atom. The molecule has 0 N–H and O–H groups in total. The van der Waals surface area contributed by atoms with Crippen molar-refractivity contribution in [1.29, 1.82) is 0 Å². The summed E-state index contributed by atoms with van der Waals surface area (Å²) >= 11 is 0. The van der Waals surface area contributed by atoms with Crippen molar-refractivity contribution >= 4 is 17.0 Å². The minimum atomic E-state index is -0.321. The Kier molecular flexibility index (Phi) is 4.53. The molecule has 32 heavy (non-hydrogen) atoms. The van der Waals surface area contributed by atoms with Gasteiger partial charge >= 0.3 is 5.63 Å². The van der Waals surface area contributed by atoms with E-state index in [0.717, 1.165) is 41.5 Å². The van der Waals surface area contributed by atoms with Crippen LogP contribution in [0.3, 0.4) is 0 Å². The molecule has 3 nitrogen and oxygen atoms in total. The van der Waals surface area contributed by atoms with Gasteiger partial charge in [-0.05, 0) is 59.7 Å². The Morgan fingerprint density at radius 3 is 2.34 bits per heavy atom. The van der Waals surface area contributed by atoms with Crippen molar-refractivity contribution in [3.63, 3.8) is 0 Å². The second-order valence-electron chi connectivity index (χ2n) is 8.36. The zero-order valence-corrected chi connectivity index (χ0v) is 17.6. The van der Waals surface area contributed by atoms with E-state index in [0.29, 0.717) is 16.9 Å². The molecular weight excluding hydrogens is 396 g/mol. The van der Waals surface area contributed by atoms with Crippen molar-refractivity contribution in [2.75, 3.05) is 0 Å². The van der Waals surface area contributed by atoms with E-state index < -0.39 is 0 Å². The summed E-state index contributed by atoms with van der Waals surface area (Å²) in [7, 11) is 0. The Morgan fingerprint density at radius 2 is 1.53 bits per heavy atom. The molecular formula is C29H22O3. The lowest BCUT2D eigenvalue weighted by atomic mass is 9.76. The van der Waals surface area contributed by atoms with E-state index in [9.17, 15) is 4.79 Å². The van der Waals surface area contributed by atoms with Crippen LogP contribution in [0, 0.1) is 0 Å². The maximum absolute atomic E-state index is 13.2. The smallest absolute Gasteiger partial charge is 0.344 e. The van der Waals surface area contributed by atoms with Gasteiger partial charge in [0.05, 0.1) is 10.9 Å². The molecule has 156 valence electrons. The second-order valence-corrected chi connectivity index (χ2v) is 8.36. The van der Waals surface area contributed by atoms with E-state index in [1.54, 1.807) is 0 Å². The van der Waals surface area contributed by atoms with Gasteiger partial charge in [0, 0.05) is 5.92 Å². The molecule has 0 spiro atoms. The van der Waals surface area contributed by atoms with Crippen molar-refractivity contribution in [2.24, 2.45) is 0 Å². The van der Waals surface area contributed by atoms with Gasteiger partial charge in [-0.2, -0.15) is 0 Å². The molecule has 0 saturated heterocycles. The van der Waals surface area contributed by atoms with Gasteiger partial charge in [-0.25, -0.2) is 4.79 Å². The zero-order valence-electron chi connectivity index (χ0n) is 17.6. The van der Waals surface area contributed by atoms with E-state index in [1.165, 1.54) is 11.1 Å². The number of hydrogen-bond donors (Lipinski definition) is 0. The summed E-state index contributed by atoms with van der Waals surface area (Å²) in [6, 6.07) is 28.2. The van der Waals surface area contributed by atoms with Crippen LogP contribution in [-0.2, 0) is 0 Å². The minimum absolute atomic E-state index is 0.171. The molecule has 1 aliphatic heterocycles. The zero-order chi connectivity index (χ0) is 21.5. The van der Waals surface area contributed by atoms with Crippen LogP contribution in [0.5, 0.6) is 5.75 Å². The lowest BCUT2D eigenvalue weighted by Crippen LogP contribution is -2.26. The van der Waals surface area contributed by atoms with Crippen LogP contribution in [0.4, 0.5) is 0 Å². The van der Waals surface area contributed by atoms with Gasteiger partial charge in [0.25, 0.3) is 0 Å². The third kappa shape index (κ3) is 3.09. The van der Waals surface area contributed by atoms with Gasteiger partial charge in [-0.15, -0.1) is 0 Å². The highest BCUT2D eigenvalue weighted by Gasteiger charge is 2.37. The monoisotopic (exact) mass is 418 g/mol. The molecule has 2 heterocycles. The number of ether oxygens (including phenoxy) is 1. The Balaban J connectivity index is 1.63. The number of para-hydroxylation sites is 1. The summed E-state index contributed by atoms with van der Waals surface area (Å²) in [4.78, 5) is 13.2.